The maximum Gasteiger partial charge on any atom is 0.327 e. The number of rotatable bonds is 2. The molecular formula is C15H26N2O3S. The Bertz CT molecular complexity index is 404. The molecule has 1 atom stereocenters. The summed E-state index contributed by atoms with van der Waals surface area (Å²) in [4.78, 5) is 27.3. The van der Waals surface area contributed by atoms with Gasteiger partial charge in [0.2, 0.25) is 0 Å². The topological polar surface area (TPSA) is 60.9 Å². The van der Waals surface area contributed by atoms with Crippen LogP contribution in [0.2, 0.25) is 0 Å². The van der Waals surface area contributed by atoms with E-state index in [0.29, 0.717) is 17.7 Å². The molecule has 2 aliphatic rings. The second-order valence-electron chi connectivity index (χ2n) is 6.91. The third kappa shape index (κ3) is 3.84. The Morgan fingerprint density at radius 2 is 1.90 bits per heavy atom. The minimum atomic E-state index is -0.895. The van der Waals surface area contributed by atoms with Crippen molar-refractivity contribution in [2.45, 2.75) is 51.6 Å². The van der Waals surface area contributed by atoms with E-state index in [4.69, 9.17) is 0 Å². The van der Waals surface area contributed by atoms with Crippen LogP contribution in [-0.2, 0) is 4.79 Å². The monoisotopic (exact) mass is 314 g/mol. The van der Waals surface area contributed by atoms with Crippen molar-refractivity contribution in [2.75, 3.05) is 25.1 Å². The molecule has 0 aromatic carbocycles. The van der Waals surface area contributed by atoms with Crippen LogP contribution in [0.25, 0.3) is 0 Å². The van der Waals surface area contributed by atoms with E-state index in [1.165, 1.54) is 0 Å². The summed E-state index contributed by atoms with van der Waals surface area (Å²) in [6, 6.07) is -0.555. The first kappa shape index (κ1) is 16.5. The number of carboxylic acid groups (broad SMARTS) is 1. The summed E-state index contributed by atoms with van der Waals surface area (Å²) in [6.45, 7) is 5.07. The predicted octanol–water partition coefficient (Wildman–Crippen LogP) is 2.51. The minimum absolute atomic E-state index is 0.118. The number of hydrogen-bond donors (Lipinski definition) is 1. The van der Waals surface area contributed by atoms with Gasteiger partial charge in [-0.15, -0.1) is 0 Å². The lowest BCUT2D eigenvalue weighted by atomic mass is 9.75. The molecule has 1 saturated carbocycles. The van der Waals surface area contributed by atoms with Crippen molar-refractivity contribution < 1.29 is 14.7 Å². The highest BCUT2D eigenvalue weighted by atomic mass is 32.2. The standard InChI is InChI=1S/C15H26N2O3S/c1-15(2)6-4-11(5-7-15)16(3)14(20)17-8-9-21-10-12(17)13(18)19/h11-12H,4-10H2,1-3H3,(H,18,19). The Morgan fingerprint density at radius 3 is 2.48 bits per heavy atom. The molecule has 120 valence electrons. The second-order valence-corrected chi connectivity index (χ2v) is 8.06. The summed E-state index contributed by atoms with van der Waals surface area (Å²) >= 11 is 1.61. The van der Waals surface area contributed by atoms with Gasteiger partial charge in [-0.2, -0.15) is 11.8 Å². The Labute approximate surface area is 131 Å². The van der Waals surface area contributed by atoms with E-state index in [-0.39, 0.29) is 12.1 Å². The van der Waals surface area contributed by atoms with E-state index < -0.39 is 12.0 Å². The fourth-order valence-corrected chi connectivity index (χ4v) is 4.21. The number of nitrogens with zero attached hydrogens (tertiary/aromatic N) is 2. The van der Waals surface area contributed by atoms with Crippen LogP contribution in [0, 0.1) is 5.41 Å². The van der Waals surface area contributed by atoms with Gasteiger partial charge in [0.15, 0.2) is 0 Å². The highest BCUT2D eigenvalue weighted by Crippen LogP contribution is 2.37. The van der Waals surface area contributed by atoms with Crippen LogP contribution in [-0.4, -0.2) is 64.1 Å². The number of amides is 2. The third-order valence-electron chi connectivity index (χ3n) is 4.82. The highest BCUT2D eigenvalue weighted by Gasteiger charge is 2.37. The van der Waals surface area contributed by atoms with E-state index in [9.17, 15) is 14.7 Å². The summed E-state index contributed by atoms with van der Waals surface area (Å²) in [5.41, 5.74) is 0.367. The van der Waals surface area contributed by atoms with Crippen LogP contribution in [0.1, 0.15) is 39.5 Å². The molecule has 1 saturated heterocycles. The molecule has 1 aliphatic heterocycles. The van der Waals surface area contributed by atoms with Crippen molar-refractivity contribution in [3.8, 4) is 0 Å². The van der Waals surface area contributed by atoms with Crippen molar-refractivity contribution in [3.05, 3.63) is 0 Å². The van der Waals surface area contributed by atoms with Gasteiger partial charge in [0.25, 0.3) is 0 Å². The van der Waals surface area contributed by atoms with Gasteiger partial charge >= 0.3 is 12.0 Å². The lowest BCUT2D eigenvalue weighted by Crippen LogP contribution is -2.56. The van der Waals surface area contributed by atoms with E-state index >= 15 is 0 Å². The second kappa shape index (κ2) is 6.46. The van der Waals surface area contributed by atoms with Crippen LogP contribution >= 0.6 is 11.8 Å². The maximum absolute atomic E-state index is 12.7. The quantitative estimate of drug-likeness (QED) is 0.851. The van der Waals surface area contributed by atoms with Crippen LogP contribution in [0.3, 0.4) is 0 Å². The van der Waals surface area contributed by atoms with Gasteiger partial charge in [-0.1, -0.05) is 13.8 Å². The Kier molecular flexibility index (Phi) is 5.07. The van der Waals surface area contributed by atoms with E-state index in [2.05, 4.69) is 13.8 Å². The van der Waals surface area contributed by atoms with Crippen molar-refractivity contribution in [1.82, 2.24) is 9.80 Å². The predicted molar refractivity (Wildman–Crippen MR) is 84.7 cm³/mol. The molecule has 1 aliphatic carbocycles. The van der Waals surface area contributed by atoms with Gasteiger partial charge in [-0.3, -0.25) is 0 Å². The summed E-state index contributed by atoms with van der Waals surface area (Å²) in [7, 11) is 1.83. The molecule has 6 heteroatoms. The zero-order valence-corrected chi connectivity index (χ0v) is 14.0. The first-order valence-electron chi connectivity index (χ1n) is 7.66. The largest absolute Gasteiger partial charge is 0.480 e. The molecule has 0 aromatic rings. The Balaban J connectivity index is 1.99. The first-order chi connectivity index (χ1) is 9.82. The summed E-state index contributed by atoms with van der Waals surface area (Å²) in [5.74, 6) is 0.418. The van der Waals surface area contributed by atoms with Gasteiger partial charge in [-0.25, -0.2) is 9.59 Å². The molecule has 0 radical (unpaired) electrons. The molecule has 5 nitrogen and oxygen atoms in total. The van der Waals surface area contributed by atoms with Crippen molar-refractivity contribution >= 4 is 23.8 Å². The van der Waals surface area contributed by atoms with Crippen LogP contribution < -0.4 is 0 Å². The van der Waals surface area contributed by atoms with Crippen LogP contribution in [0.5, 0.6) is 0 Å². The van der Waals surface area contributed by atoms with Crippen LogP contribution in [0.15, 0.2) is 0 Å². The summed E-state index contributed by atoms with van der Waals surface area (Å²) in [6.07, 6.45) is 4.26. The van der Waals surface area contributed by atoms with Gasteiger partial charge in [-0.05, 0) is 31.1 Å². The van der Waals surface area contributed by atoms with Gasteiger partial charge in [0, 0.05) is 31.1 Å². The van der Waals surface area contributed by atoms with E-state index in [1.807, 2.05) is 7.05 Å². The molecule has 0 bridgehead atoms. The normalized spacial score (nSPS) is 26.4. The van der Waals surface area contributed by atoms with E-state index in [1.54, 1.807) is 21.6 Å². The number of carboxylic acids is 1. The average Bonchev–Trinajstić information content (AvgIpc) is 2.45. The fraction of sp³-hybridized carbons (Fsp3) is 0.867. The molecule has 2 fully saturated rings. The number of carbonyl (C=O) groups is 2. The summed E-state index contributed by atoms with van der Waals surface area (Å²) < 4.78 is 0. The fourth-order valence-electron chi connectivity index (χ4n) is 3.17. The molecule has 1 unspecified atom stereocenters. The smallest absolute Gasteiger partial charge is 0.327 e. The molecule has 2 rings (SSSR count). The number of aliphatic carboxylic acids is 1. The lowest BCUT2D eigenvalue weighted by molar-refractivity contribution is -0.141. The Morgan fingerprint density at radius 1 is 1.29 bits per heavy atom. The highest BCUT2D eigenvalue weighted by molar-refractivity contribution is 7.99. The van der Waals surface area contributed by atoms with E-state index in [0.717, 1.165) is 31.4 Å². The molecular weight excluding hydrogens is 288 g/mol. The lowest BCUT2D eigenvalue weighted by Gasteiger charge is -2.42. The van der Waals surface area contributed by atoms with Gasteiger partial charge in [0.05, 0.1) is 0 Å². The number of carbonyl (C=O) groups excluding carboxylic acids is 1. The molecule has 1 heterocycles. The molecule has 0 spiro atoms. The third-order valence-corrected chi connectivity index (χ3v) is 5.84. The van der Waals surface area contributed by atoms with Gasteiger partial charge in [0.1, 0.15) is 6.04 Å². The SMILES string of the molecule is CN(C(=O)N1CCSCC1C(=O)O)C1CCC(C)(C)CC1. The average molecular weight is 314 g/mol. The first-order valence-corrected chi connectivity index (χ1v) is 8.81. The summed E-state index contributed by atoms with van der Waals surface area (Å²) in [5, 5.41) is 9.29. The zero-order valence-electron chi connectivity index (χ0n) is 13.2. The number of urea groups is 1. The molecule has 1 N–H and O–H groups in total. The Hall–Kier alpha value is -0.910. The van der Waals surface area contributed by atoms with Crippen LogP contribution in [0.4, 0.5) is 4.79 Å². The van der Waals surface area contributed by atoms with Gasteiger partial charge < -0.3 is 14.9 Å². The molecule has 21 heavy (non-hydrogen) atoms. The van der Waals surface area contributed by atoms with Crippen molar-refractivity contribution in [1.29, 1.82) is 0 Å². The minimum Gasteiger partial charge on any atom is -0.480 e. The van der Waals surface area contributed by atoms with Crippen molar-refractivity contribution in [3.63, 3.8) is 0 Å². The number of hydrogen-bond acceptors (Lipinski definition) is 3. The molecule has 0 aromatic heterocycles. The molecule has 2 amide bonds. The maximum atomic E-state index is 12.7. The van der Waals surface area contributed by atoms with Crippen molar-refractivity contribution in [2.24, 2.45) is 5.41 Å². The number of thioether (sulfide) groups is 1. The zero-order chi connectivity index (χ0) is 15.6.